The first-order valence-electron chi connectivity index (χ1n) is 4.72. The number of nitrogens with one attached hydrogen (secondary N) is 2. The maximum atomic E-state index is 11.6. The smallest absolute Gasteiger partial charge is 0.258 e. The quantitative estimate of drug-likeness (QED) is 0.730. The number of nitrogens with zero attached hydrogens (tertiary/aromatic N) is 1. The van der Waals surface area contributed by atoms with Crippen molar-refractivity contribution in [3.63, 3.8) is 0 Å². The van der Waals surface area contributed by atoms with Crippen molar-refractivity contribution in [2.24, 2.45) is 0 Å². The van der Waals surface area contributed by atoms with Crippen LogP contribution < -0.4 is 10.0 Å². The first-order chi connectivity index (χ1) is 7.17. The summed E-state index contributed by atoms with van der Waals surface area (Å²) >= 11 is 0. The van der Waals surface area contributed by atoms with E-state index in [9.17, 15) is 8.42 Å². The summed E-state index contributed by atoms with van der Waals surface area (Å²) in [5.41, 5.74) is 0. The van der Waals surface area contributed by atoms with Gasteiger partial charge in [0, 0.05) is 12.7 Å². The van der Waals surface area contributed by atoms with Gasteiger partial charge < -0.3 is 5.32 Å². The highest BCUT2D eigenvalue weighted by Crippen LogP contribution is 2.02. The Balaban J connectivity index is 0.00000225. The van der Waals surface area contributed by atoms with Crippen LogP contribution in [0.1, 0.15) is 6.42 Å². The average Bonchev–Trinajstić information content (AvgIpc) is 2.26. The Hall–Kier alpha value is -0.690. The molecule has 0 amide bonds. The second-order valence-electron chi connectivity index (χ2n) is 3.02. The Morgan fingerprint density at radius 1 is 1.31 bits per heavy atom. The van der Waals surface area contributed by atoms with Crippen LogP contribution in [0.25, 0.3) is 0 Å². The van der Waals surface area contributed by atoms with Gasteiger partial charge in [0.25, 0.3) is 10.0 Å². The number of hydrogen-bond acceptors (Lipinski definition) is 4. The third kappa shape index (κ3) is 4.89. The van der Waals surface area contributed by atoms with Crippen molar-refractivity contribution >= 4 is 22.4 Å². The largest absolute Gasteiger partial charge is 0.320 e. The fourth-order valence-electron chi connectivity index (χ4n) is 1.05. The van der Waals surface area contributed by atoms with Crippen molar-refractivity contribution in [3.05, 3.63) is 24.4 Å². The molecule has 1 rings (SSSR count). The molecule has 0 spiro atoms. The molecule has 0 radical (unpaired) electrons. The molecule has 7 heteroatoms. The zero-order valence-corrected chi connectivity index (χ0v) is 10.6. The summed E-state index contributed by atoms with van der Waals surface area (Å²) in [5, 5.41) is 3.01. The van der Waals surface area contributed by atoms with E-state index in [2.05, 4.69) is 15.0 Å². The van der Waals surface area contributed by atoms with Gasteiger partial charge in [-0.25, -0.2) is 18.1 Å². The number of rotatable bonds is 6. The minimum Gasteiger partial charge on any atom is -0.320 e. The van der Waals surface area contributed by atoms with E-state index in [0.29, 0.717) is 6.54 Å². The highest BCUT2D eigenvalue weighted by molar-refractivity contribution is 7.89. The van der Waals surface area contributed by atoms with Gasteiger partial charge in [-0.1, -0.05) is 6.07 Å². The Bertz CT molecular complexity index is 383. The highest BCUT2D eigenvalue weighted by Gasteiger charge is 2.13. The lowest BCUT2D eigenvalue weighted by molar-refractivity contribution is 0.573. The van der Waals surface area contributed by atoms with Gasteiger partial charge in [0.15, 0.2) is 5.03 Å². The fraction of sp³-hybridized carbons (Fsp3) is 0.444. The van der Waals surface area contributed by atoms with Gasteiger partial charge in [-0.3, -0.25) is 0 Å². The van der Waals surface area contributed by atoms with Crippen LogP contribution in [0.4, 0.5) is 0 Å². The third-order valence-electron chi connectivity index (χ3n) is 1.81. The molecule has 1 aromatic rings. The van der Waals surface area contributed by atoms with Gasteiger partial charge in [-0.05, 0) is 32.1 Å². The molecule has 0 atom stereocenters. The monoisotopic (exact) mass is 265 g/mol. The lowest BCUT2D eigenvalue weighted by atomic mass is 10.4. The van der Waals surface area contributed by atoms with Crippen LogP contribution in [0.3, 0.4) is 0 Å². The number of hydrogen-bond donors (Lipinski definition) is 2. The molecule has 0 aliphatic carbocycles. The van der Waals surface area contributed by atoms with Crippen LogP contribution in [0.2, 0.25) is 0 Å². The van der Waals surface area contributed by atoms with E-state index in [1.54, 1.807) is 12.1 Å². The van der Waals surface area contributed by atoms with Crippen LogP contribution in [0, 0.1) is 0 Å². The molecule has 92 valence electrons. The highest BCUT2D eigenvalue weighted by atomic mass is 35.5. The second kappa shape index (κ2) is 7.56. The van der Waals surface area contributed by atoms with Gasteiger partial charge >= 0.3 is 0 Å². The van der Waals surface area contributed by atoms with E-state index < -0.39 is 10.0 Å². The molecule has 1 aromatic heterocycles. The van der Waals surface area contributed by atoms with E-state index in [1.807, 2.05) is 7.05 Å². The third-order valence-corrected chi connectivity index (χ3v) is 3.19. The standard InChI is InChI=1S/C9H15N3O2S.ClH/c1-10-6-4-8-12-15(13,14)9-5-2-3-7-11-9;/h2-3,5,7,10,12H,4,6,8H2,1H3;1H. The molecule has 16 heavy (non-hydrogen) atoms. The summed E-state index contributed by atoms with van der Waals surface area (Å²) in [6.45, 7) is 1.20. The predicted octanol–water partition coefficient (Wildman–Crippen LogP) is 0.391. The zero-order chi connectivity index (χ0) is 11.1. The molecular weight excluding hydrogens is 250 g/mol. The Morgan fingerprint density at radius 3 is 2.62 bits per heavy atom. The topological polar surface area (TPSA) is 71.1 Å². The summed E-state index contributed by atoms with van der Waals surface area (Å²) in [5.74, 6) is 0. The van der Waals surface area contributed by atoms with Crippen molar-refractivity contribution in [1.29, 1.82) is 0 Å². The molecule has 0 aliphatic rings. The first kappa shape index (κ1) is 15.3. The number of pyridine rings is 1. The van der Waals surface area contributed by atoms with Crippen molar-refractivity contribution in [1.82, 2.24) is 15.0 Å². The first-order valence-corrected chi connectivity index (χ1v) is 6.20. The minimum atomic E-state index is -3.43. The van der Waals surface area contributed by atoms with Crippen molar-refractivity contribution < 1.29 is 8.42 Å². The summed E-state index contributed by atoms with van der Waals surface area (Å²) in [4.78, 5) is 3.78. The van der Waals surface area contributed by atoms with E-state index in [-0.39, 0.29) is 17.4 Å². The molecule has 0 aliphatic heterocycles. The van der Waals surface area contributed by atoms with Gasteiger partial charge in [0.2, 0.25) is 0 Å². The SMILES string of the molecule is CNCCCNS(=O)(=O)c1ccccn1.Cl. The molecule has 5 nitrogen and oxygen atoms in total. The molecule has 0 aromatic carbocycles. The van der Waals surface area contributed by atoms with Crippen molar-refractivity contribution in [2.45, 2.75) is 11.4 Å². The lowest BCUT2D eigenvalue weighted by Crippen LogP contribution is -2.27. The van der Waals surface area contributed by atoms with E-state index in [1.165, 1.54) is 12.3 Å². The zero-order valence-electron chi connectivity index (χ0n) is 9.01. The Kier molecular flexibility index (Phi) is 7.24. The van der Waals surface area contributed by atoms with Crippen LogP contribution in [0.15, 0.2) is 29.4 Å². The van der Waals surface area contributed by atoms with Crippen LogP contribution in [-0.4, -0.2) is 33.5 Å². The number of aromatic nitrogens is 1. The van der Waals surface area contributed by atoms with Gasteiger partial charge in [-0.15, -0.1) is 12.4 Å². The molecule has 0 saturated heterocycles. The Labute approximate surface area is 102 Å². The maximum absolute atomic E-state index is 11.6. The van der Waals surface area contributed by atoms with E-state index in [0.717, 1.165) is 13.0 Å². The molecule has 0 fully saturated rings. The van der Waals surface area contributed by atoms with Crippen molar-refractivity contribution in [2.75, 3.05) is 20.1 Å². The Morgan fingerprint density at radius 2 is 2.06 bits per heavy atom. The molecule has 0 unspecified atom stereocenters. The normalized spacial score (nSPS) is 10.8. The summed E-state index contributed by atoms with van der Waals surface area (Å²) in [6, 6.07) is 4.80. The van der Waals surface area contributed by atoms with E-state index >= 15 is 0 Å². The number of sulfonamides is 1. The molecule has 0 bridgehead atoms. The summed E-state index contributed by atoms with van der Waals surface area (Å²) in [6.07, 6.45) is 2.21. The molecular formula is C9H16ClN3O2S. The van der Waals surface area contributed by atoms with Crippen LogP contribution in [-0.2, 0) is 10.0 Å². The molecule has 1 heterocycles. The van der Waals surface area contributed by atoms with Gasteiger partial charge in [-0.2, -0.15) is 0 Å². The summed E-state index contributed by atoms with van der Waals surface area (Å²) in [7, 11) is -1.60. The van der Waals surface area contributed by atoms with Crippen LogP contribution >= 0.6 is 12.4 Å². The lowest BCUT2D eigenvalue weighted by Gasteiger charge is -2.05. The van der Waals surface area contributed by atoms with Gasteiger partial charge in [0.1, 0.15) is 0 Å². The van der Waals surface area contributed by atoms with E-state index in [4.69, 9.17) is 0 Å². The minimum absolute atomic E-state index is 0. The predicted molar refractivity (Wildman–Crippen MR) is 65.2 cm³/mol. The maximum Gasteiger partial charge on any atom is 0.258 e. The number of halogens is 1. The summed E-state index contributed by atoms with van der Waals surface area (Å²) < 4.78 is 25.7. The fourth-order valence-corrected chi connectivity index (χ4v) is 2.07. The van der Waals surface area contributed by atoms with Crippen molar-refractivity contribution in [3.8, 4) is 0 Å². The molecule has 2 N–H and O–H groups in total. The average molecular weight is 266 g/mol. The molecule has 0 saturated carbocycles. The second-order valence-corrected chi connectivity index (χ2v) is 4.74. The van der Waals surface area contributed by atoms with Gasteiger partial charge in [0.05, 0.1) is 0 Å². The van der Waals surface area contributed by atoms with Crippen LogP contribution in [0.5, 0.6) is 0 Å².